The number of rotatable bonds is 5. The average molecular weight is 830 g/mol. The minimum atomic E-state index is -0.562. The maximum Gasteiger partial charge on any atom is 0.0754 e. The molecule has 3 heteroatoms. The van der Waals surface area contributed by atoms with Crippen LogP contribution in [-0.2, 0) is 10.8 Å². The Morgan fingerprint density at radius 3 is 1.37 bits per heavy atom. The maximum atomic E-state index is 5.31. The first-order chi connectivity index (χ1) is 32.0. The van der Waals surface area contributed by atoms with E-state index in [0.29, 0.717) is 0 Å². The highest BCUT2D eigenvalue weighted by Gasteiger charge is 2.54. The Morgan fingerprint density at radius 2 is 0.800 bits per heavy atom. The van der Waals surface area contributed by atoms with E-state index in [1.54, 1.807) is 0 Å². The average Bonchev–Trinajstić information content (AvgIpc) is 3.80. The van der Waals surface area contributed by atoms with Crippen molar-refractivity contribution in [1.29, 1.82) is 0 Å². The Labute approximate surface area is 380 Å². The van der Waals surface area contributed by atoms with Gasteiger partial charge in [0.2, 0.25) is 0 Å². The minimum Gasteiger partial charge on any atom is -0.310 e. The van der Waals surface area contributed by atoms with Gasteiger partial charge < -0.3 is 4.90 Å². The molecule has 3 heterocycles. The zero-order valence-corrected chi connectivity index (χ0v) is 36.2. The third kappa shape index (κ3) is 5.42. The van der Waals surface area contributed by atoms with E-state index in [-0.39, 0.29) is 5.41 Å². The van der Waals surface area contributed by atoms with Gasteiger partial charge in [0.1, 0.15) is 0 Å². The van der Waals surface area contributed by atoms with Crippen LogP contribution in [0.5, 0.6) is 0 Å². The lowest BCUT2D eigenvalue weighted by molar-refractivity contribution is 0.660. The molecule has 13 rings (SSSR count). The standard InChI is InChI=1S/C62H43N3/c1-61(2)48-25-11-9-23-45(48)46-35-36-52-59(60(46)61)47-24-10-12-26-49(47)62(52)50-27-13-15-33-57(50)65(58-34-16-14-28-51(58)62)44-38-42(55-31-17-29-53(63-55)40-19-5-3-6-20-40)37-43(39-44)56-32-18-30-54(64-56)41-21-7-4-8-22-41/h3-39H,1-2H3. The molecule has 0 saturated heterocycles. The predicted molar refractivity (Wildman–Crippen MR) is 267 cm³/mol. The Kier molecular flexibility index (Phi) is 8.17. The summed E-state index contributed by atoms with van der Waals surface area (Å²) in [4.78, 5) is 13.1. The van der Waals surface area contributed by atoms with Crippen molar-refractivity contribution in [3.63, 3.8) is 0 Å². The SMILES string of the molecule is CC1(C)c2ccccc2-c2ccc3c(c21)-c1ccccc1C31c2ccccc2N(c2cc(-c3cccc(-c4ccccc4)n3)cc(-c3cccc(-c4ccccc4)n3)c2)c2ccccc21. The lowest BCUT2D eigenvalue weighted by Crippen LogP contribution is -2.36. The number of pyridine rings is 2. The molecule has 2 aliphatic carbocycles. The highest BCUT2D eigenvalue weighted by atomic mass is 15.2. The van der Waals surface area contributed by atoms with Gasteiger partial charge in [-0.2, -0.15) is 0 Å². The summed E-state index contributed by atoms with van der Waals surface area (Å²) < 4.78 is 0. The van der Waals surface area contributed by atoms with Crippen molar-refractivity contribution in [1.82, 2.24) is 9.97 Å². The van der Waals surface area contributed by atoms with Gasteiger partial charge in [-0.25, -0.2) is 9.97 Å². The molecule has 1 aliphatic heterocycles. The number of aromatic nitrogens is 2. The van der Waals surface area contributed by atoms with E-state index in [1.165, 1.54) is 55.6 Å². The van der Waals surface area contributed by atoms with Crippen LogP contribution >= 0.6 is 0 Å². The molecule has 0 unspecified atom stereocenters. The van der Waals surface area contributed by atoms with Crippen molar-refractivity contribution in [3.05, 3.63) is 258 Å². The van der Waals surface area contributed by atoms with Gasteiger partial charge in [-0.3, -0.25) is 0 Å². The van der Waals surface area contributed by atoms with Crippen molar-refractivity contribution in [2.45, 2.75) is 24.7 Å². The number of nitrogens with zero attached hydrogens (tertiary/aromatic N) is 3. The summed E-state index contributed by atoms with van der Waals surface area (Å²) in [6.07, 6.45) is 0. The van der Waals surface area contributed by atoms with Crippen LogP contribution in [0, 0.1) is 0 Å². The van der Waals surface area contributed by atoms with E-state index in [2.05, 4.69) is 231 Å². The van der Waals surface area contributed by atoms with Gasteiger partial charge in [-0.05, 0) is 110 Å². The quantitative estimate of drug-likeness (QED) is 0.173. The molecule has 10 aromatic rings. The highest BCUT2D eigenvalue weighted by Crippen LogP contribution is 2.66. The number of fused-ring (bicyclic) bond motifs is 13. The second kappa shape index (κ2) is 14.2. The van der Waals surface area contributed by atoms with Crippen molar-refractivity contribution in [2.75, 3.05) is 4.90 Å². The van der Waals surface area contributed by atoms with Crippen LogP contribution in [0.25, 0.3) is 67.3 Å². The number of hydrogen-bond acceptors (Lipinski definition) is 3. The van der Waals surface area contributed by atoms with Gasteiger partial charge in [0.05, 0.1) is 39.6 Å². The van der Waals surface area contributed by atoms with E-state index in [1.807, 2.05) is 12.1 Å². The Morgan fingerprint density at radius 1 is 0.338 bits per heavy atom. The first-order valence-electron chi connectivity index (χ1n) is 22.6. The number of hydrogen-bond donors (Lipinski definition) is 0. The molecule has 65 heavy (non-hydrogen) atoms. The molecule has 0 radical (unpaired) electrons. The van der Waals surface area contributed by atoms with E-state index in [9.17, 15) is 0 Å². The van der Waals surface area contributed by atoms with Gasteiger partial charge >= 0.3 is 0 Å². The molecule has 3 aliphatic rings. The molecule has 306 valence electrons. The summed E-state index contributed by atoms with van der Waals surface area (Å²) in [5, 5.41) is 0. The first kappa shape index (κ1) is 37.4. The summed E-state index contributed by atoms with van der Waals surface area (Å²) in [6, 6.07) is 81.7. The lowest BCUT2D eigenvalue weighted by atomic mass is 9.64. The minimum absolute atomic E-state index is 0.176. The molecular weight excluding hydrogens is 787 g/mol. The lowest BCUT2D eigenvalue weighted by Gasteiger charge is -2.45. The predicted octanol–water partition coefficient (Wildman–Crippen LogP) is 15.6. The molecule has 2 aromatic heterocycles. The van der Waals surface area contributed by atoms with Gasteiger partial charge in [0, 0.05) is 33.4 Å². The normalized spacial score (nSPS) is 14.2. The van der Waals surface area contributed by atoms with Crippen molar-refractivity contribution < 1.29 is 0 Å². The zero-order valence-electron chi connectivity index (χ0n) is 36.2. The monoisotopic (exact) mass is 829 g/mol. The Hall–Kier alpha value is -8.14. The van der Waals surface area contributed by atoms with E-state index in [4.69, 9.17) is 9.97 Å². The van der Waals surface area contributed by atoms with Crippen molar-refractivity contribution in [2.24, 2.45) is 0 Å². The van der Waals surface area contributed by atoms with Crippen LogP contribution in [-0.4, -0.2) is 9.97 Å². The second-order valence-corrected chi connectivity index (χ2v) is 18.1. The topological polar surface area (TPSA) is 29.0 Å². The van der Waals surface area contributed by atoms with Crippen molar-refractivity contribution in [3.8, 4) is 67.3 Å². The van der Waals surface area contributed by atoms with Crippen LogP contribution in [0.3, 0.4) is 0 Å². The fourth-order valence-electron chi connectivity index (χ4n) is 11.5. The van der Waals surface area contributed by atoms with Crippen molar-refractivity contribution >= 4 is 17.1 Å². The van der Waals surface area contributed by atoms with E-state index >= 15 is 0 Å². The van der Waals surface area contributed by atoms with Crippen LogP contribution < -0.4 is 4.90 Å². The second-order valence-electron chi connectivity index (χ2n) is 18.1. The zero-order chi connectivity index (χ0) is 43.3. The molecule has 0 fully saturated rings. The third-order valence-electron chi connectivity index (χ3n) is 14.2. The molecule has 0 amide bonds. The fourth-order valence-corrected chi connectivity index (χ4v) is 11.5. The van der Waals surface area contributed by atoms with Crippen LogP contribution in [0.15, 0.2) is 224 Å². The van der Waals surface area contributed by atoms with Crippen LogP contribution in [0.1, 0.15) is 47.2 Å². The largest absolute Gasteiger partial charge is 0.310 e. The molecule has 0 saturated carbocycles. The fraction of sp³-hybridized carbons (Fsp3) is 0.0645. The maximum absolute atomic E-state index is 5.31. The van der Waals surface area contributed by atoms with E-state index in [0.717, 1.165) is 62.1 Å². The number of benzene rings is 8. The molecule has 0 N–H and O–H groups in total. The molecule has 3 nitrogen and oxygen atoms in total. The van der Waals surface area contributed by atoms with E-state index < -0.39 is 5.41 Å². The van der Waals surface area contributed by atoms with Gasteiger partial charge in [-0.1, -0.05) is 184 Å². The van der Waals surface area contributed by atoms with Crippen LogP contribution in [0.2, 0.25) is 0 Å². The summed E-state index contributed by atoms with van der Waals surface area (Å²) in [6.45, 7) is 4.82. The Bertz CT molecular complexity index is 3380. The number of anilines is 3. The van der Waals surface area contributed by atoms with Gasteiger partial charge in [-0.15, -0.1) is 0 Å². The highest BCUT2D eigenvalue weighted by molar-refractivity contribution is 6.00. The molecular formula is C62H43N3. The molecule has 1 spiro atoms. The smallest absolute Gasteiger partial charge is 0.0754 e. The van der Waals surface area contributed by atoms with Gasteiger partial charge in [0.15, 0.2) is 0 Å². The summed E-state index contributed by atoms with van der Waals surface area (Å²) in [7, 11) is 0. The molecule has 0 bridgehead atoms. The summed E-state index contributed by atoms with van der Waals surface area (Å²) in [5.74, 6) is 0. The van der Waals surface area contributed by atoms with Crippen LogP contribution in [0.4, 0.5) is 17.1 Å². The number of para-hydroxylation sites is 2. The molecule has 8 aromatic carbocycles. The summed E-state index contributed by atoms with van der Waals surface area (Å²) >= 11 is 0. The first-order valence-corrected chi connectivity index (χ1v) is 22.6. The van der Waals surface area contributed by atoms with Gasteiger partial charge in [0.25, 0.3) is 0 Å². The molecule has 0 atom stereocenters. The summed E-state index contributed by atoms with van der Waals surface area (Å²) in [5.41, 5.74) is 23.9. The third-order valence-corrected chi connectivity index (χ3v) is 14.2. The Balaban J connectivity index is 1.06.